The number of rotatable bonds is 7. The Bertz CT molecular complexity index is 285. The van der Waals surface area contributed by atoms with E-state index >= 15 is 0 Å². The molecular weight excluding hydrogens is 236 g/mol. The van der Waals surface area contributed by atoms with E-state index in [1.807, 2.05) is 6.92 Å². The summed E-state index contributed by atoms with van der Waals surface area (Å²) in [5, 5.41) is -0.145. The Morgan fingerprint density at radius 3 is 1.71 bits per heavy atom. The fraction of sp³-hybridized carbons (Fsp3) is 0.923. The summed E-state index contributed by atoms with van der Waals surface area (Å²) in [5.41, 5.74) is -0.446. The van der Waals surface area contributed by atoms with Crippen molar-refractivity contribution >= 4 is 17.7 Å². The van der Waals surface area contributed by atoms with Gasteiger partial charge in [-0.05, 0) is 25.7 Å². The van der Waals surface area contributed by atoms with E-state index in [4.69, 9.17) is 22.1 Å². The third-order valence-corrected chi connectivity index (χ3v) is 4.47. The average Bonchev–Trinajstić information content (AvgIpc) is 3.15. The Morgan fingerprint density at radius 2 is 1.47 bits per heavy atom. The predicted molar refractivity (Wildman–Crippen MR) is 67.6 cm³/mol. The van der Waals surface area contributed by atoms with Gasteiger partial charge in [0.05, 0.1) is 24.4 Å². The van der Waals surface area contributed by atoms with Gasteiger partial charge < -0.3 is 26.9 Å². The number of ether oxygens (including phenoxy) is 2. The van der Waals surface area contributed by atoms with Crippen molar-refractivity contribution in [2.24, 2.45) is 5.41 Å². The first-order valence-electron chi connectivity index (χ1n) is 6.52. The molecule has 0 aromatic carbocycles. The van der Waals surface area contributed by atoms with E-state index < -0.39 is 5.41 Å². The number of hydrogen-bond donors (Lipinski definition) is 0. The highest BCUT2D eigenvalue weighted by Gasteiger charge is 2.47. The summed E-state index contributed by atoms with van der Waals surface area (Å²) in [7, 11) is 0. The van der Waals surface area contributed by atoms with Crippen molar-refractivity contribution in [3.8, 4) is 0 Å². The van der Waals surface area contributed by atoms with Crippen LogP contribution in [0.2, 0.25) is 0 Å². The normalized spacial score (nSPS) is 38.5. The van der Waals surface area contributed by atoms with Crippen molar-refractivity contribution in [1.29, 1.82) is 0 Å². The summed E-state index contributed by atoms with van der Waals surface area (Å²) < 4.78 is 11.1. The van der Waals surface area contributed by atoms with Crippen molar-refractivity contribution in [2.45, 2.75) is 70.9 Å². The Balaban J connectivity index is 1.88. The SMILES string of the molecule is CCC1OC1CC(C)(CC1OC1CC)C(=O)[S-]. The highest BCUT2D eigenvalue weighted by Crippen LogP contribution is 2.43. The van der Waals surface area contributed by atoms with E-state index in [-0.39, 0.29) is 17.3 Å². The lowest BCUT2D eigenvalue weighted by Crippen LogP contribution is -2.30. The van der Waals surface area contributed by atoms with E-state index in [2.05, 4.69) is 13.8 Å². The summed E-state index contributed by atoms with van der Waals surface area (Å²) in [6.07, 6.45) is 4.69. The molecule has 2 heterocycles. The van der Waals surface area contributed by atoms with Crippen LogP contribution in [0.4, 0.5) is 0 Å². The van der Waals surface area contributed by atoms with Gasteiger partial charge in [-0.3, -0.25) is 0 Å². The van der Waals surface area contributed by atoms with Gasteiger partial charge in [-0.25, -0.2) is 0 Å². The largest absolute Gasteiger partial charge is 0.741 e. The molecule has 2 saturated heterocycles. The minimum Gasteiger partial charge on any atom is -0.741 e. The van der Waals surface area contributed by atoms with Crippen LogP contribution in [0.3, 0.4) is 0 Å². The van der Waals surface area contributed by atoms with Crippen molar-refractivity contribution in [1.82, 2.24) is 0 Å². The molecule has 2 aliphatic heterocycles. The maximum absolute atomic E-state index is 11.7. The molecule has 0 spiro atoms. The highest BCUT2D eigenvalue weighted by atomic mass is 32.1. The summed E-state index contributed by atoms with van der Waals surface area (Å²) in [4.78, 5) is 11.7. The molecule has 2 aliphatic rings. The molecule has 0 aliphatic carbocycles. The van der Waals surface area contributed by atoms with E-state index in [0.29, 0.717) is 12.2 Å². The number of carbonyl (C=O) groups excluding carboxylic acids is 1. The molecule has 98 valence electrons. The van der Waals surface area contributed by atoms with Gasteiger partial charge in [-0.2, -0.15) is 0 Å². The minimum absolute atomic E-state index is 0.145. The van der Waals surface area contributed by atoms with Gasteiger partial charge >= 0.3 is 0 Å². The van der Waals surface area contributed by atoms with E-state index in [0.717, 1.165) is 25.7 Å². The molecule has 4 unspecified atom stereocenters. The first kappa shape index (κ1) is 13.2. The van der Waals surface area contributed by atoms with Crippen LogP contribution in [0.5, 0.6) is 0 Å². The number of carbonyl (C=O) groups is 1. The lowest BCUT2D eigenvalue weighted by atomic mass is 9.81. The van der Waals surface area contributed by atoms with E-state index in [1.54, 1.807) is 0 Å². The van der Waals surface area contributed by atoms with Gasteiger partial charge in [-0.1, -0.05) is 20.8 Å². The first-order valence-corrected chi connectivity index (χ1v) is 6.93. The molecule has 0 bridgehead atoms. The molecular formula is C13H21O3S-. The second kappa shape index (κ2) is 4.82. The second-order valence-electron chi connectivity index (χ2n) is 5.50. The molecule has 3 nitrogen and oxygen atoms in total. The third kappa shape index (κ3) is 2.98. The second-order valence-corrected chi connectivity index (χ2v) is 5.87. The zero-order valence-electron chi connectivity index (χ0n) is 10.8. The molecule has 2 rings (SSSR count). The van der Waals surface area contributed by atoms with Gasteiger partial charge in [-0.15, -0.1) is 0 Å². The zero-order valence-corrected chi connectivity index (χ0v) is 11.6. The Labute approximate surface area is 109 Å². The van der Waals surface area contributed by atoms with Crippen molar-refractivity contribution < 1.29 is 14.3 Å². The molecule has 0 radical (unpaired) electrons. The van der Waals surface area contributed by atoms with Crippen LogP contribution in [0, 0.1) is 5.41 Å². The van der Waals surface area contributed by atoms with Gasteiger partial charge in [0.15, 0.2) is 0 Å². The van der Waals surface area contributed by atoms with Crippen LogP contribution in [-0.4, -0.2) is 29.5 Å². The highest BCUT2D eigenvalue weighted by molar-refractivity contribution is 7.77. The minimum atomic E-state index is -0.446. The van der Waals surface area contributed by atoms with Crippen molar-refractivity contribution in [2.75, 3.05) is 0 Å². The quantitative estimate of drug-likeness (QED) is 0.518. The van der Waals surface area contributed by atoms with Crippen LogP contribution in [0.25, 0.3) is 0 Å². The summed E-state index contributed by atoms with van der Waals surface area (Å²) in [6.45, 7) is 6.18. The van der Waals surface area contributed by atoms with Crippen molar-refractivity contribution in [3.05, 3.63) is 0 Å². The Hall–Kier alpha value is -0.190. The van der Waals surface area contributed by atoms with E-state index in [9.17, 15) is 4.79 Å². The van der Waals surface area contributed by atoms with Crippen LogP contribution in [0.1, 0.15) is 46.5 Å². The number of epoxide rings is 2. The lowest BCUT2D eigenvalue weighted by molar-refractivity contribution is -0.120. The maximum Gasteiger partial charge on any atom is 0.0850 e. The fourth-order valence-corrected chi connectivity index (χ4v) is 2.74. The fourth-order valence-electron chi connectivity index (χ4n) is 2.57. The van der Waals surface area contributed by atoms with Crippen LogP contribution in [0.15, 0.2) is 0 Å². The molecule has 0 aromatic rings. The molecule has 4 atom stereocenters. The van der Waals surface area contributed by atoms with Crippen LogP contribution in [-0.2, 0) is 26.9 Å². The van der Waals surface area contributed by atoms with Crippen LogP contribution < -0.4 is 0 Å². The lowest BCUT2D eigenvalue weighted by Gasteiger charge is -2.30. The molecule has 0 aromatic heterocycles. The molecule has 17 heavy (non-hydrogen) atoms. The summed E-state index contributed by atoms with van der Waals surface area (Å²) >= 11 is 4.91. The zero-order chi connectivity index (χ0) is 12.6. The Morgan fingerprint density at radius 1 is 1.06 bits per heavy atom. The maximum atomic E-state index is 11.7. The van der Waals surface area contributed by atoms with E-state index in [1.165, 1.54) is 0 Å². The van der Waals surface area contributed by atoms with Gasteiger partial charge in [0.25, 0.3) is 0 Å². The molecule has 0 amide bonds. The average molecular weight is 257 g/mol. The first-order chi connectivity index (χ1) is 8.00. The third-order valence-electron chi connectivity index (χ3n) is 3.98. The van der Waals surface area contributed by atoms with Gasteiger partial charge in [0.2, 0.25) is 0 Å². The van der Waals surface area contributed by atoms with Gasteiger partial charge in [0.1, 0.15) is 0 Å². The number of hydrogen-bond acceptors (Lipinski definition) is 4. The molecule has 0 N–H and O–H groups in total. The molecule has 2 fully saturated rings. The molecule has 4 heteroatoms. The monoisotopic (exact) mass is 257 g/mol. The standard InChI is InChI=1S/C13H22O3S/c1-4-8-10(15-8)6-13(3,12(14)17)7-11-9(5-2)16-11/h8-11H,4-7H2,1-3H3,(H,14,17)/p-1. The molecule has 0 saturated carbocycles. The van der Waals surface area contributed by atoms with Gasteiger partial charge in [0, 0.05) is 10.5 Å². The van der Waals surface area contributed by atoms with Crippen molar-refractivity contribution in [3.63, 3.8) is 0 Å². The topological polar surface area (TPSA) is 42.1 Å². The predicted octanol–water partition coefficient (Wildman–Crippen LogP) is 2.20. The summed E-state index contributed by atoms with van der Waals surface area (Å²) in [5.74, 6) is 0. The summed E-state index contributed by atoms with van der Waals surface area (Å²) in [6, 6.07) is 0. The Kier molecular flexibility index (Phi) is 3.76. The smallest absolute Gasteiger partial charge is 0.0850 e. The van der Waals surface area contributed by atoms with Crippen LogP contribution >= 0.6 is 0 Å².